The summed E-state index contributed by atoms with van der Waals surface area (Å²) in [6.07, 6.45) is 1.93. The van der Waals surface area contributed by atoms with Gasteiger partial charge in [-0.3, -0.25) is 19.3 Å². The van der Waals surface area contributed by atoms with Gasteiger partial charge in [0.15, 0.2) is 11.5 Å². The molecule has 2 aromatic heterocycles. The summed E-state index contributed by atoms with van der Waals surface area (Å²) in [6.45, 7) is 1.53. The van der Waals surface area contributed by atoms with E-state index in [-0.39, 0.29) is 53.9 Å². The largest absolute Gasteiger partial charge is 0.493 e. The first-order valence-electron chi connectivity index (χ1n) is 13.9. The minimum absolute atomic E-state index is 0.0181. The molecule has 0 saturated carbocycles. The molecule has 12 nitrogen and oxygen atoms in total. The molecule has 0 spiro atoms. The third kappa shape index (κ3) is 5.44. The molecule has 0 bridgehead atoms. The Morgan fingerprint density at radius 2 is 1.84 bits per heavy atom. The number of imide groups is 1. The van der Waals surface area contributed by atoms with Crippen LogP contribution in [0.5, 0.6) is 11.5 Å². The zero-order valence-corrected chi connectivity index (χ0v) is 23.6. The highest BCUT2D eigenvalue weighted by Gasteiger charge is 2.41. The Hall–Kier alpha value is -4.75. The second-order valence-electron chi connectivity index (χ2n) is 10.8. The molecule has 4 aromatic rings. The zero-order chi connectivity index (χ0) is 30.2. The van der Waals surface area contributed by atoms with Gasteiger partial charge in [-0.25, -0.2) is 9.37 Å². The summed E-state index contributed by atoms with van der Waals surface area (Å²) in [7, 11) is 3.41. The van der Waals surface area contributed by atoms with Gasteiger partial charge in [0.2, 0.25) is 0 Å². The van der Waals surface area contributed by atoms with E-state index in [2.05, 4.69) is 25.2 Å². The molecule has 0 unspecified atom stereocenters. The van der Waals surface area contributed by atoms with E-state index in [1.165, 1.54) is 36.4 Å². The van der Waals surface area contributed by atoms with Crippen molar-refractivity contribution in [1.82, 2.24) is 24.8 Å². The number of anilines is 1. The highest BCUT2D eigenvalue weighted by atomic mass is 19.1. The molecule has 6 rings (SSSR count). The summed E-state index contributed by atoms with van der Waals surface area (Å²) < 4.78 is 24.1. The summed E-state index contributed by atoms with van der Waals surface area (Å²) in [5, 5.41) is 13.6. The number of benzene rings is 2. The van der Waals surface area contributed by atoms with Gasteiger partial charge in [0.1, 0.15) is 29.9 Å². The number of imidazole rings is 1. The number of methoxy groups -OCH3 is 1. The normalized spacial score (nSPS) is 16.5. The lowest BCUT2D eigenvalue weighted by atomic mass is 10.0. The van der Waals surface area contributed by atoms with Crippen molar-refractivity contribution in [3.8, 4) is 22.9 Å². The Bertz CT molecular complexity index is 1710. The molecular weight excluding hydrogens is 559 g/mol. The van der Waals surface area contributed by atoms with Crippen LogP contribution in [0.15, 0.2) is 47.4 Å². The van der Waals surface area contributed by atoms with Crippen molar-refractivity contribution in [3.05, 3.63) is 69.9 Å². The van der Waals surface area contributed by atoms with Gasteiger partial charge >= 0.3 is 0 Å². The third-order valence-electron chi connectivity index (χ3n) is 7.86. The molecule has 1 atom stereocenters. The van der Waals surface area contributed by atoms with Crippen LogP contribution in [0.1, 0.15) is 33.6 Å². The van der Waals surface area contributed by atoms with Crippen LogP contribution in [-0.4, -0.2) is 94.2 Å². The number of hydrogen-bond donors (Lipinski definition) is 4. The number of nitrogens with one attached hydrogen (secondary N) is 3. The molecule has 43 heavy (non-hydrogen) atoms. The number of nitrogens with zero attached hydrogens (tertiary/aromatic N) is 3. The Balaban J connectivity index is 1.20. The summed E-state index contributed by atoms with van der Waals surface area (Å²) in [5.74, 6) is -0.406. The summed E-state index contributed by atoms with van der Waals surface area (Å²) in [4.78, 5) is 53.4. The molecule has 224 valence electrons. The number of amides is 2. The molecule has 2 amide bonds. The van der Waals surface area contributed by atoms with Crippen LogP contribution in [0.3, 0.4) is 0 Å². The highest BCUT2D eigenvalue weighted by Crippen LogP contribution is 2.33. The first-order chi connectivity index (χ1) is 20.7. The smallest absolute Gasteiger partial charge is 0.261 e. The fourth-order valence-electron chi connectivity index (χ4n) is 5.56. The molecule has 2 aliphatic heterocycles. The standard InChI is InChI=1S/C30H31FN6O6/c1-36-9-6-17(7-10-36)37-29(40)19-12-22-23(13-20(19)30(37)41)35-27(34-22)26-21(5-8-32-28(26)39)33-14-18(38)15-43-24-4-3-16(31)11-25(24)42-2/h3-5,8,11-13,17-18,38H,6-7,9-10,14-15H2,1-2H3,(H,34,35)(H2,32,33,39)/t18-/m0/s1. The number of carbonyl (C=O) groups excluding carboxylic acids is 2. The third-order valence-corrected chi connectivity index (χ3v) is 7.86. The number of fused-ring (bicyclic) bond motifs is 2. The quantitative estimate of drug-likeness (QED) is 0.216. The Morgan fingerprint density at radius 1 is 1.09 bits per heavy atom. The first-order valence-corrected chi connectivity index (χ1v) is 13.9. The number of hydrogen-bond acceptors (Lipinski definition) is 9. The van der Waals surface area contributed by atoms with Gasteiger partial charge in [0.05, 0.1) is 35.0 Å². The zero-order valence-electron chi connectivity index (χ0n) is 23.6. The van der Waals surface area contributed by atoms with Crippen LogP contribution >= 0.6 is 0 Å². The van der Waals surface area contributed by atoms with E-state index in [4.69, 9.17) is 9.47 Å². The molecule has 1 saturated heterocycles. The van der Waals surface area contributed by atoms with Crippen molar-refractivity contribution >= 4 is 28.5 Å². The van der Waals surface area contributed by atoms with Crippen molar-refractivity contribution in [1.29, 1.82) is 0 Å². The number of aliphatic hydroxyl groups excluding tert-OH is 1. The summed E-state index contributed by atoms with van der Waals surface area (Å²) >= 11 is 0. The van der Waals surface area contributed by atoms with E-state index in [1.54, 1.807) is 18.2 Å². The van der Waals surface area contributed by atoms with Crippen LogP contribution in [0, 0.1) is 5.82 Å². The van der Waals surface area contributed by atoms with Gasteiger partial charge in [-0.2, -0.15) is 0 Å². The van der Waals surface area contributed by atoms with Crippen LogP contribution in [0.25, 0.3) is 22.4 Å². The van der Waals surface area contributed by atoms with E-state index >= 15 is 0 Å². The number of halogens is 1. The maximum Gasteiger partial charge on any atom is 0.261 e. The van der Waals surface area contributed by atoms with Crippen LogP contribution in [0.2, 0.25) is 0 Å². The average molecular weight is 591 g/mol. The molecule has 4 heterocycles. The van der Waals surface area contributed by atoms with Gasteiger partial charge in [0, 0.05) is 24.8 Å². The first kappa shape index (κ1) is 28.4. The summed E-state index contributed by atoms with van der Waals surface area (Å²) in [5.41, 5.74) is 1.72. The Kier molecular flexibility index (Phi) is 7.59. The number of aromatic nitrogens is 3. The van der Waals surface area contributed by atoms with E-state index in [9.17, 15) is 23.9 Å². The van der Waals surface area contributed by atoms with Gasteiger partial charge in [0.25, 0.3) is 17.4 Å². The summed E-state index contributed by atoms with van der Waals surface area (Å²) in [6, 6.07) is 8.52. The number of piperidine rings is 1. The van der Waals surface area contributed by atoms with E-state index in [0.717, 1.165) is 25.9 Å². The SMILES string of the molecule is COc1cc(F)ccc1OC[C@@H](O)CNc1cc[nH]c(=O)c1-c1nc2cc3c(cc2[nH]1)C(=O)N(C1CCN(C)CC1)C3=O. The maximum absolute atomic E-state index is 13.4. The lowest BCUT2D eigenvalue weighted by Gasteiger charge is -2.33. The number of rotatable bonds is 9. The fourth-order valence-corrected chi connectivity index (χ4v) is 5.56. The number of likely N-dealkylation sites (tertiary alicyclic amines) is 1. The van der Waals surface area contributed by atoms with E-state index < -0.39 is 17.5 Å². The van der Waals surface area contributed by atoms with Crippen molar-refractivity contribution in [2.45, 2.75) is 25.0 Å². The lowest BCUT2D eigenvalue weighted by molar-refractivity contribution is 0.0516. The second-order valence-corrected chi connectivity index (χ2v) is 10.8. The molecule has 13 heteroatoms. The number of carbonyl (C=O) groups is 2. The van der Waals surface area contributed by atoms with Crippen molar-refractivity contribution < 1.29 is 28.6 Å². The molecule has 0 radical (unpaired) electrons. The van der Waals surface area contributed by atoms with Crippen LogP contribution < -0.4 is 20.3 Å². The molecular formula is C30H31FN6O6. The number of H-pyrrole nitrogens is 2. The predicted molar refractivity (Wildman–Crippen MR) is 156 cm³/mol. The predicted octanol–water partition coefficient (Wildman–Crippen LogP) is 2.61. The topological polar surface area (TPSA) is 153 Å². The fraction of sp³-hybridized carbons (Fsp3) is 0.333. The molecule has 2 aromatic carbocycles. The van der Waals surface area contributed by atoms with Crippen LogP contribution in [-0.2, 0) is 0 Å². The number of pyridine rings is 1. The number of aromatic amines is 2. The number of ether oxygens (including phenoxy) is 2. The molecule has 0 aliphatic carbocycles. The van der Waals surface area contributed by atoms with Crippen molar-refractivity contribution in [2.24, 2.45) is 0 Å². The lowest BCUT2D eigenvalue weighted by Crippen LogP contribution is -2.46. The second kappa shape index (κ2) is 11.5. The van der Waals surface area contributed by atoms with E-state index in [0.29, 0.717) is 27.8 Å². The van der Waals surface area contributed by atoms with Gasteiger partial charge < -0.3 is 34.8 Å². The van der Waals surface area contributed by atoms with Crippen molar-refractivity contribution in [2.75, 3.05) is 45.7 Å². The highest BCUT2D eigenvalue weighted by molar-refractivity contribution is 6.23. The van der Waals surface area contributed by atoms with Gasteiger partial charge in [-0.15, -0.1) is 0 Å². The number of aliphatic hydroxyl groups is 1. The Morgan fingerprint density at radius 3 is 2.58 bits per heavy atom. The maximum atomic E-state index is 13.4. The van der Waals surface area contributed by atoms with Crippen LogP contribution in [0.4, 0.5) is 10.1 Å². The molecule has 1 fully saturated rings. The Labute approximate surface area is 245 Å². The minimum atomic E-state index is -0.995. The van der Waals surface area contributed by atoms with E-state index in [1.807, 2.05) is 7.05 Å². The minimum Gasteiger partial charge on any atom is -0.493 e. The van der Waals surface area contributed by atoms with Gasteiger partial charge in [-0.1, -0.05) is 0 Å². The average Bonchev–Trinajstić information content (AvgIpc) is 3.51. The monoisotopic (exact) mass is 590 g/mol. The van der Waals surface area contributed by atoms with Crippen molar-refractivity contribution in [3.63, 3.8) is 0 Å². The molecule has 4 N–H and O–H groups in total. The van der Waals surface area contributed by atoms with Gasteiger partial charge in [-0.05, 0) is 63.3 Å². The molecule has 2 aliphatic rings.